The lowest BCUT2D eigenvalue weighted by molar-refractivity contribution is 0.0932. The van der Waals surface area contributed by atoms with Crippen LogP contribution in [0.5, 0.6) is 0 Å². The standard InChI is InChI=1S/C15H25N3O2/c1-4-9-18(10-5-2)13-6-7-16-14(12-13)15(19)17-8-11-20-3/h6-7,12H,4-5,8-11H2,1-3H3,(H,17,19). The molecule has 0 radical (unpaired) electrons. The Morgan fingerprint density at radius 3 is 2.65 bits per heavy atom. The molecule has 112 valence electrons. The summed E-state index contributed by atoms with van der Waals surface area (Å²) in [4.78, 5) is 18.4. The Morgan fingerprint density at radius 1 is 1.35 bits per heavy atom. The molecule has 0 fully saturated rings. The zero-order valence-corrected chi connectivity index (χ0v) is 12.7. The Balaban J connectivity index is 2.74. The highest BCUT2D eigenvalue weighted by molar-refractivity contribution is 5.93. The number of amides is 1. The maximum absolute atomic E-state index is 12.0. The lowest BCUT2D eigenvalue weighted by Crippen LogP contribution is -2.29. The zero-order valence-electron chi connectivity index (χ0n) is 12.7. The molecule has 0 spiro atoms. The smallest absolute Gasteiger partial charge is 0.270 e. The van der Waals surface area contributed by atoms with Gasteiger partial charge in [-0.25, -0.2) is 0 Å². The molecule has 20 heavy (non-hydrogen) atoms. The van der Waals surface area contributed by atoms with E-state index >= 15 is 0 Å². The van der Waals surface area contributed by atoms with Crippen molar-refractivity contribution < 1.29 is 9.53 Å². The number of carbonyl (C=O) groups excluding carboxylic acids is 1. The van der Waals surface area contributed by atoms with Crippen molar-refractivity contribution in [2.75, 3.05) is 38.3 Å². The highest BCUT2D eigenvalue weighted by Gasteiger charge is 2.10. The van der Waals surface area contributed by atoms with Gasteiger partial charge in [0, 0.05) is 38.6 Å². The monoisotopic (exact) mass is 279 g/mol. The van der Waals surface area contributed by atoms with Crippen molar-refractivity contribution in [3.8, 4) is 0 Å². The predicted octanol–water partition coefficient (Wildman–Crippen LogP) is 2.08. The van der Waals surface area contributed by atoms with Crippen LogP contribution in [-0.2, 0) is 4.74 Å². The number of nitrogens with one attached hydrogen (secondary N) is 1. The molecule has 1 heterocycles. The van der Waals surface area contributed by atoms with Gasteiger partial charge in [-0.3, -0.25) is 9.78 Å². The first-order valence-corrected chi connectivity index (χ1v) is 7.21. The number of anilines is 1. The maximum Gasteiger partial charge on any atom is 0.270 e. The molecule has 0 unspecified atom stereocenters. The second kappa shape index (κ2) is 9.31. The second-order valence-corrected chi connectivity index (χ2v) is 4.64. The van der Waals surface area contributed by atoms with Gasteiger partial charge in [-0.15, -0.1) is 0 Å². The molecular formula is C15H25N3O2. The van der Waals surface area contributed by atoms with Crippen molar-refractivity contribution in [1.82, 2.24) is 10.3 Å². The van der Waals surface area contributed by atoms with Gasteiger partial charge in [0.05, 0.1) is 6.61 Å². The number of ether oxygens (including phenoxy) is 1. The number of aromatic nitrogens is 1. The van der Waals surface area contributed by atoms with Gasteiger partial charge in [0.1, 0.15) is 5.69 Å². The third-order valence-corrected chi connectivity index (χ3v) is 2.92. The van der Waals surface area contributed by atoms with Crippen LogP contribution in [0.1, 0.15) is 37.2 Å². The summed E-state index contributed by atoms with van der Waals surface area (Å²) in [5.41, 5.74) is 1.51. The van der Waals surface area contributed by atoms with E-state index in [1.807, 2.05) is 12.1 Å². The van der Waals surface area contributed by atoms with Crippen LogP contribution in [0.25, 0.3) is 0 Å². The lowest BCUT2D eigenvalue weighted by Gasteiger charge is -2.23. The van der Waals surface area contributed by atoms with Crippen molar-refractivity contribution in [1.29, 1.82) is 0 Å². The molecule has 1 aromatic heterocycles. The summed E-state index contributed by atoms with van der Waals surface area (Å²) in [6, 6.07) is 3.81. The summed E-state index contributed by atoms with van der Waals surface area (Å²) in [5, 5.41) is 2.79. The van der Waals surface area contributed by atoms with Crippen LogP contribution in [0.4, 0.5) is 5.69 Å². The minimum atomic E-state index is -0.156. The summed E-state index contributed by atoms with van der Waals surface area (Å²) in [6.45, 7) is 7.29. The normalized spacial score (nSPS) is 10.3. The van der Waals surface area contributed by atoms with Crippen LogP contribution in [-0.4, -0.2) is 44.2 Å². The number of pyridine rings is 1. The molecule has 0 saturated carbocycles. The van der Waals surface area contributed by atoms with Gasteiger partial charge in [-0.2, -0.15) is 0 Å². The van der Waals surface area contributed by atoms with E-state index in [2.05, 4.69) is 29.0 Å². The van der Waals surface area contributed by atoms with Crippen molar-refractivity contribution in [2.45, 2.75) is 26.7 Å². The van der Waals surface area contributed by atoms with E-state index in [9.17, 15) is 4.79 Å². The summed E-state index contributed by atoms with van der Waals surface area (Å²) in [6.07, 6.45) is 3.86. The number of hydrogen-bond acceptors (Lipinski definition) is 4. The third kappa shape index (κ3) is 5.17. The molecule has 5 nitrogen and oxygen atoms in total. The van der Waals surface area contributed by atoms with Crippen molar-refractivity contribution in [3.63, 3.8) is 0 Å². The quantitative estimate of drug-likeness (QED) is 0.703. The first kappa shape index (κ1) is 16.4. The summed E-state index contributed by atoms with van der Waals surface area (Å²) in [5.74, 6) is -0.156. The van der Waals surface area contributed by atoms with Crippen LogP contribution >= 0.6 is 0 Å². The molecule has 5 heteroatoms. The third-order valence-electron chi connectivity index (χ3n) is 2.92. The van der Waals surface area contributed by atoms with Gasteiger partial charge in [0.25, 0.3) is 5.91 Å². The Labute approximate surface area is 121 Å². The average molecular weight is 279 g/mol. The highest BCUT2D eigenvalue weighted by Crippen LogP contribution is 2.15. The van der Waals surface area contributed by atoms with Crippen LogP contribution in [0.15, 0.2) is 18.3 Å². The van der Waals surface area contributed by atoms with Gasteiger partial charge in [-0.1, -0.05) is 13.8 Å². The van der Waals surface area contributed by atoms with E-state index in [0.717, 1.165) is 31.6 Å². The molecule has 0 aliphatic heterocycles. The van der Waals surface area contributed by atoms with E-state index < -0.39 is 0 Å². The number of hydrogen-bond donors (Lipinski definition) is 1. The minimum absolute atomic E-state index is 0.156. The first-order valence-electron chi connectivity index (χ1n) is 7.21. The lowest BCUT2D eigenvalue weighted by atomic mass is 10.2. The molecular weight excluding hydrogens is 254 g/mol. The summed E-state index contributed by atoms with van der Waals surface area (Å²) < 4.78 is 4.91. The molecule has 1 aromatic rings. The maximum atomic E-state index is 12.0. The van der Waals surface area contributed by atoms with Gasteiger partial charge < -0.3 is 15.0 Å². The first-order chi connectivity index (χ1) is 9.72. The molecule has 0 saturated heterocycles. The van der Waals surface area contributed by atoms with Gasteiger partial charge in [-0.05, 0) is 25.0 Å². The summed E-state index contributed by atoms with van der Waals surface area (Å²) >= 11 is 0. The largest absolute Gasteiger partial charge is 0.383 e. The molecule has 0 aliphatic carbocycles. The Kier molecular flexibility index (Phi) is 7.65. The Hall–Kier alpha value is -1.62. The van der Waals surface area contributed by atoms with Crippen LogP contribution in [0, 0.1) is 0 Å². The van der Waals surface area contributed by atoms with Crippen molar-refractivity contribution in [3.05, 3.63) is 24.0 Å². The van der Waals surface area contributed by atoms with Gasteiger partial charge in [0.2, 0.25) is 0 Å². The Bertz CT molecular complexity index is 404. The Morgan fingerprint density at radius 2 is 2.05 bits per heavy atom. The SMILES string of the molecule is CCCN(CCC)c1ccnc(C(=O)NCCOC)c1. The molecule has 1 N–H and O–H groups in total. The minimum Gasteiger partial charge on any atom is -0.383 e. The van der Waals surface area contributed by atoms with Crippen LogP contribution in [0.3, 0.4) is 0 Å². The number of carbonyl (C=O) groups is 1. The van der Waals surface area contributed by atoms with E-state index in [-0.39, 0.29) is 5.91 Å². The molecule has 1 rings (SSSR count). The fourth-order valence-corrected chi connectivity index (χ4v) is 2.01. The van der Waals surface area contributed by atoms with Crippen LogP contribution in [0.2, 0.25) is 0 Å². The van der Waals surface area contributed by atoms with E-state index in [0.29, 0.717) is 18.8 Å². The fourth-order valence-electron chi connectivity index (χ4n) is 2.01. The predicted molar refractivity (Wildman–Crippen MR) is 81.2 cm³/mol. The van der Waals surface area contributed by atoms with Gasteiger partial charge in [0.15, 0.2) is 0 Å². The van der Waals surface area contributed by atoms with E-state index in [1.54, 1.807) is 13.3 Å². The van der Waals surface area contributed by atoms with E-state index in [1.165, 1.54) is 0 Å². The topological polar surface area (TPSA) is 54.5 Å². The summed E-state index contributed by atoms with van der Waals surface area (Å²) in [7, 11) is 1.61. The molecule has 0 aromatic carbocycles. The molecule has 0 aliphatic rings. The fraction of sp³-hybridized carbons (Fsp3) is 0.600. The number of rotatable bonds is 9. The van der Waals surface area contributed by atoms with Crippen molar-refractivity contribution in [2.24, 2.45) is 0 Å². The average Bonchev–Trinajstić information content (AvgIpc) is 2.47. The zero-order chi connectivity index (χ0) is 14.8. The second-order valence-electron chi connectivity index (χ2n) is 4.64. The molecule has 1 amide bonds. The van der Waals surface area contributed by atoms with E-state index in [4.69, 9.17) is 4.74 Å². The van der Waals surface area contributed by atoms with Crippen molar-refractivity contribution >= 4 is 11.6 Å². The van der Waals surface area contributed by atoms with Crippen LogP contribution < -0.4 is 10.2 Å². The molecule has 0 bridgehead atoms. The van der Waals surface area contributed by atoms with Gasteiger partial charge >= 0.3 is 0 Å². The number of nitrogens with zero attached hydrogens (tertiary/aromatic N) is 2. The number of methoxy groups -OCH3 is 1. The molecule has 0 atom stereocenters. The highest BCUT2D eigenvalue weighted by atomic mass is 16.5.